The van der Waals surface area contributed by atoms with Crippen molar-refractivity contribution in [1.29, 1.82) is 0 Å². The van der Waals surface area contributed by atoms with E-state index in [2.05, 4.69) is 43.8 Å². The molecule has 0 heterocycles. The fraction of sp³-hybridized carbons (Fsp3) is 0.600. The Kier molecular flexibility index (Phi) is 6.16. The van der Waals surface area contributed by atoms with Gasteiger partial charge < -0.3 is 10.0 Å². The molecule has 0 radical (unpaired) electrons. The topological polar surface area (TPSA) is 26.7 Å². The van der Waals surface area contributed by atoms with Gasteiger partial charge in [-0.2, -0.15) is 0 Å². The monoisotopic (exact) mass is 250 g/mol. The van der Waals surface area contributed by atoms with Crippen LogP contribution in [0.2, 0.25) is 0 Å². The molecule has 0 bridgehead atoms. The molecule has 1 atom stereocenters. The summed E-state index contributed by atoms with van der Waals surface area (Å²) in [6.07, 6.45) is 1.17. The van der Waals surface area contributed by atoms with Crippen LogP contribution in [0.25, 0.3) is 0 Å². The van der Waals surface area contributed by atoms with Crippen molar-refractivity contribution >= 4 is 0 Å². The van der Waals surface area contributed by atoms with Crippen LogP contribution >= 0.6 is 0 Å². The molecule has 0 fully saturated rings. The van der Waals surface area contributed by atoms with Crippen LogP contribution in [0.1, 0.15) is 31.9 Å². The number of hydrogen-bond donors (Lipinski definition) is 1. The zero-order chi connectivity index (χ0) is 13.5. The third-order valence-electron chi connectivity index (χ3n) is 3.36. The molecule has 1 rings (SSSR count). The maximum Gasteiger partial charge on any atom is 0.115 e. The van der Waals surface area contributed by atoms with Gasteiger partial charge in [0, 0.05) is 6.04 Å². The number of nitrogens with zero attached hydrogens (tertiary/aromatic N) is 2. The summed E-state index contributed by atoms with van der Waals surface area (Å²) in [6.45, 7) is 7.63. The number of benzene rings is 1. The van der Waals surface area contributed by atoms with Gasteiger partial charge in [0.15, 0.2) is 0 Å². The van der Waals surface area contributed by atoms with Crippen LogP contribution < -0.4 is 0 Å². The molecule has 3 nitrogen and oxygen atoms in total. The Balaban J connectivity index is 2.58. The Morgan fingerprint density at radius 1 is 1.22 bits per heavy atom. The molecule has 3 heteroatoms. The van der Waals surface area contributed by atoms with Crippen LogP contribution in [0.4, 0.5) is 0 Å². The second kappa shape index (κ2) is 7.39. The summed E-state index contributed by atoms with van der Waals surface area (Å²) in [6, 6.07) is 7.93. The van der Waals surface area contributed by atoms with Gasteiger partial charge in [0.05, 0.1) is 0 Å². The number of phenols is 1. The van der Waals surface area contributed by atoms with Gasteiger partial charge in [-0.25, -0.2) is 0 Å². The third-order valence-corrected chi connectivity index (χ3v) is 3.36. The fourth-order valence-electron chi connectivity index (χ4n) is 2.21. The van der Waals surface area contributed by atoms with Gasteiger partial charge in [-0.05, 0) is 64.8 Å². The highest BCUT2D eigenvalue weighted by molar-refractivity contribution is 5.29. The SMILES string of the molecule is CCN(CCCN(C)C)C(C)c1cccc(O)c1. The Morgan fingerprint density at radius 2 is 1.94 bits per heavy atom. The lowest BCUT2D eigenvalue weighted by atomic mass is 10.1. The van der Waals surface area contributed by atoms with E-state index in [9.17, 15) is 5.11 Å². The van der Waals surface area contributed by atoms with Crippen molar-refractivity contribution in [3.05, 3.63) is 29.8 Å². The summed E-state index contributed by atoms with van der Waals surface area (Å²) in [5.74, 6) is 0.351. The molecule has 1 N–H and O–H groups in total. The van der Waals surface area contributed by atoms with Crippen LogP contribution in [0.3, 0.4) is 0 Å². The summed E-state index contributed by atoms with van der Waals surface area (Å²) in [5, 5.41) is 9.54. The van der Waals surface area contributed by atoms with E-state index in [1.807, 2.05) is 12.1 Å². The molecule has 18 heavy (non-hydrogen) atoms. The van der Waals surface area contributed by atoms with E-state index >= 15 is 0 Å². The van der Waals surface area contributed by atoms with Crippen molar-refractivity contribution in [3.8, 4) is 5.75 Å². The number of rotatable bonds is 7. The summed E-state index contributed by atoms with van der Waals surface area (Å²) >= 11 is 0. The second-order valence-corrected chi connectivity index (χ2v) is 5.06. The molecule has 0 aliphatic carbocycles. The van der Waals surface area contributed by atoms with E-state index < -0.39 is 0 Å². The lowest BCUT2D eigenvalue weighted by Gasteiger charge is -2.28. The predicted molar refractivity (Wildman–Crippen MR) is 76.9 cm³/mol. The van der Waals surface area contributed by atoms with E-state index in [0.29, 0.717) is 11.8 Å². The molecule has 1 unspecified atom stereocenters. The van der Waals surface area contributed by atoms with Crippen LogP contribution in [0.5, 0.6) is 5.75 Å². The molecule has 0 aliphatic heterocycles. The summed E-state index contributed by atoms with van der Waals surface area (Å²) in [4.78, 5) is 4.66. The lowest BCUT2D eigenvalue weighted by Crippen LogP contribution is -2.29. The zero-order valence-corrected chi connectivity index (χ0v) is 12.1. The molecule has 102 valence electrons. The van der Waals surface area contributed by atoms with Gasteiger partial charge in [0.2, 0.25) is 0 Å². The van der Waals surface area contributed by atoms with Crippen LogP contribution in [-0.4, -0.2) is 48.6 Å². The van der Waals surface area contributed by atoms with Crippen molar-refractivity contribution < 1.29 is 5.11 Å². The Bertz CT molecular complexity index is 352. The number of hydrogen-bond acceptors (Lipinski definition) is 3. The molecule has 0 spiro atoms. The zero-order valence-electron chi connectivity index (χ0n) is 12.1. The number of aromatic hydroxyl groups is 1. The smallest absolute Gasteiger partial charge is 0.115 e. The van der Waals surface area contributed by atoms with Gasteiger partial charge in [-0.3, -0.25) is 4.90 Å². The summed E-state index contributed by atoms with van der Waals surface area (Å²) < 4.78 is 0. The summed E-state index contributed by atoms with van der Waals surface area (Å²) in [5.41, 5.74) is 1.18. The molecule has 0 saturated heterocycles. The van der Waals surface area contributed by atoms with E-state index in [4.69, 9.17) is 0 Å². The minimum absolute atomic E-state index is 0.351. The predicted octanol–water partition coefficient (Wildman–Crippen LogP) is 2.73. The van der Waals surface area contributed by atoms with Gasteiger partial charge in [-0.15, -0.1) is 0 Å². The third kappa shape index (κ3) is 4.67. The van der Waals surface area contributed by atoms with Gasteiger partial charge in [0.25, 0.3) is 0 Å². The quantitative estimate of drug-likeness (QED) is 0.806. The highest BCUT2D eigenvalue weighted by Crippen LogP contribution is 2.23. The summed E-state index contributed by atoms with van der Waals surface area (Å²) in [7, 11) is 4.21. The molecular weight excluding hydrogens is 224 g/mol. The largest absolute Gasteiger partial charge is 0.508 e. The molecule has 1 aromatic rings. The number of phenolic OH excluding ortho intramolecular Hbond substituents is 1. The van der Waals surface area contributed by atoms with Crippen LogP contribution in [0.15, 0.2) is 24.3 Å². The Hall–Kier alpha value is -1.06. The fourth-order valence-corrected chi connectivity index (χ4v) is 2.21. The first-order chi connectivity index (χ1) is 8.54. The van der Waals surface area contributed by atoms with Crippen molar-refractivity contribution in [2.24, 2.45) is 0 Å². The van der Waals surface area contributed by atoms with Crippen molar-refractivity contribution in [1.82, 2.24) is 9.80 Å². The van der Waals surface area contributed by atoms with E-state index in [1.165, 1.54) is 12.0 Å². The first kappa shape index (κ1) is 15.0. The van der Waals surface area contributed by atoms with Crippen molar-refractivity contribution in [2.75, 3.05) is 33.7 Å². The molecule has 0 amide bonds. The van der Waals surface area contributed by atoms with E-state index in [1.54, 1.807) is 6.07 Å². The van der Waals surface area contributed by atoms with Gasteiger partial charge in [-0.1, -0.05) is 19.1 Å². The maximum atomic E-state index is 9.54. The van der Waals surface area contributed by atoms with Crippen LogP contribution in [0, 0.1) is 0 Å². The second-order valence-electron chi connectivity index (χ2n) is 5.06. The molecule has 0 aliphatic rings. The highest BCUT2D eigenvalue weighted by Gasteiger charge is 2.14. The first-order valence-corrected chi connectivity index (χ1v) is 6.72. The molecular formula is C15H26N2O. The molecule has 0 aromatic heterocycles. The lowest BCUT2D eigenvalue weighted by molar-refractivity contribution is 0.209. The molecule has 0 saturated carbocycles. The van der Waals surface area contributed by atoms with Crippen molar-refractivity contribution in [2.45, 2.75) is 26.3 Å². The first-order valence-electron chi connectivity index (χ1n) is 6.72. The minimum Gasteiger partial charge on any atom is -0.508 e. The normalized spacial score (nSPS) is 13.2. The standard InChI is InChI=1S/C15H26N2O/c1-5-17(11-7-10-16(3)4)13(2)14-8-6-9-15(18)12-14/h6,8-9,12-13,18H,5,7,10-11H2,1-4H3. The van der Waals surface area contributed by atoms with Gasteiger partial charge >= 0.3 is 0 Å². The average Bonchev–Trinajstić information content (AvgIpc) is 2.33. The van der Waals surface area contributed by atoms with E-state index in [-0.39, 0.29) is 0 Å². The highest BCUT2D eigenvalue weighted by atomic mass is 16.3. The Morgan fingerprint density at radius 3 is 2.50 bits per heavy atom. The van der Waals surface area contributed by atoms with Crippen molar-refractivity contribution in [3.63, 3.8) is 0 Å². The van der Waals surface area contributed by atoms with E-state index in [0.717, 1.165) is 19.6 Å². The van der Waals surface area contributed by atoms with Crippen LogP contribution in [-0.2, 0) is 0 Å². The average molecular weight is 250 g/mol. The Labute approximate surface area is 111 Å². The van der Waals surface area contributed by atoms with Gasteiger partial charge in [0.1, 0.15) is 5.75 Å². The molecule has 1 aromatic carbocycles. The maximum absolute atomic E-state index is 9.54. The minimum atomic E-state index is 0.351.